The van der Waals surface area contributed by atoms with Crippen LogP contribution in [0.5, 0.6) is 0 Å². The van der Waals surface area contributed by atoms with E-state index < -0.39 is 22.3 Å². The molecule has 4 aromatic rings. The van der Waals surface area contributed by atoms with E-state index in [4.69, 9.17) is 9.47 Å². The summed E-state index contributed by atoms with van der Waals surface area (Å²) >= 11 is 0. The zero-order valence-corrected chi connectivity index (χ0v) is 21.0. The summed E-state index contributed by atoms with van der Waals surface area (Å²) in [5.41, 5.74) is 2.90. The molecular formula is C28H27N2NaO6S. The zero-order chi connectivity index (χ0) is 26.3. The van der Waals surface area contributed by atoms with Crippen LogP contribution in [0.1, 0.15) is 34.1 Å². The Morgan fingerprint density at radius 3 is 1.82 bits per heavy atom. The van der Waals surface area contributed by atoms with Gasteiger partial charge in [0.15, 0.2) is 5.69 Å². The van der Waals surface area contributed by atoms with Gasteiger partial charge in [0.25, 0.3) is 0 Å². The first kappa shape index (κ1) is 29.2. The Morgan fingerprint density at radius 1 is 0.789 bits per heavy atom. The molecule has 192 valence electrons. The van der Waals surface area contributed by atoms with Gasteiger partial charge >= 0.3 is 51.8 Å². The molecule has 1 aromatic heterocycles. The number of aryl methyl sites for hydroxylation is 1. The van der Waals surface area contributed by atoms with Crippen LogP contribution in [0.25, 0.3) is 11.1 Å². The van der Waals surface area contributed by atoms with Gasteiger partial charge in [-0.2, -0.15) is 8.42 Å². The van der Waals surface area contributed by atoms with Gasteiger partial charge in [0.1, 0.15) is 13.2 Å². The summed E-state index contributed by atoms with van der Waals surface area (Å²) in [6.45, 7) is 1.68. The van der Waals surface area contributed by atoms with E-state index >= 15 is 0 Å². The van der Waals surface area contributed by atoms with Gasteiger partial charge in [0.05, 0.1) is 0 Å². The molecule has 3 aromatic carbocycles. The van der Waals surface area contributed by atoms with Crippen molar-refractivity contribution >= 4 is 51.8 Å². The average Bonchev–Trinajstić information content (AvgIpc) is 3.33. The van der Waals surface area contributed by atoms with E-state index in [-0.39, 0.29) is 48.5 Å². The van der Waals surface area contributed by atoms with Crippen LogP contribution in [-0.4, -0.2) is 54.0 Å². The molecule has 0 fully saturated rings. The first-order valence-corrected chi connectivity index (χ1v) is 13.1. The number of hydrogen-bond donors (Lipinski definition) is 1. The quantitative estimate of drug-likeness (QED) is 0.248. The number of aromatic nitrogens is 1. The van der Waals surface area contributed by atoms with Crippen molar-refractivity contribution in [3.8, 4) is 11.1 Å². The monoisotopic (exact) mass is 542 g/mol. The molecule has 0 saturated heterocycles. The van der Waals surface area contributed by atoms with E-state index in [1.165, 1.54) is 6.20 Å². The van der Waals surface area contributed by atoms with E-state index in [0.29, 0.717) is 28.7 Å². The molecule has 10 heteroatoms. The summed E-state index contributed by atoms with van der Waals surface area (Å²) in [5, 5.41) is 0. The van der Waals surface area contributed by atoms with Crippen LogP contribution in [0.4, 0.5) is 4.79 Å². The van der Waals surface area contributed by atoms with E-state index in [1.807, 2.05) is 42.0 Å². The summed E-state index contributed by atoms with van der Waals surface area (Å²) in [6.07, 6.45) is 0.596. The van der Waals surface area contributed by atoms with Gasteiger partial charge in [-0.3, -0.25) is 0 Å². The molecule has 0 aliphatic carbocycles. The Morgan fingerprint density at radius 2 is 1.29 bits per heavy atom. The van der Waals surface area contributed by atoms with Gasteiger partial charge in [-0.1, -0.05) is 97.9 Å². The number of carbonyl (C=O) groups excluding carboxylic acids is 2. The van der Waals surface area contributed by atoms with E-state index in [2.05, 4.69) is 0 Å². The summed E-state index contributed by atoms with van der Waals surface area (Å²) < 4.78 is 39.9. The second kappa shape index (κ2) is 13.4. The van der Waals surface area contributed by atoms with Crippen LogP contribution in [0.15, 0.2) is 97.2 Å². The summed E-state index contributed by atoms with van der Waals surface area (Å²) in [7, 11) is -4.55. The number of esters is 1. The van der Waals surface area contributed by atoms with E-state index in [1.54, 1.807) is 60.7 Å². The van der Waals surface area contributed by atoms with Crippen LogP contribution in [-0.2, 0) is 39.3 Å². The molecule has 0 unspecified atom stereocenters. The summed E-state index contributed by atoms with van der Waals surface area (Å²) in [5.74, 6) is -0.842. The minimum atomic E-state index is -4.55. The maximum atomic E-state index is 13.4. The van der Waals surface area contributed by atoms with Crippen molar-refractivity contribution in [3.63, 3.8) is 0 Å². The van der Waals surface area contributed by atoms with Crippen LogP contribution in [0.3, 0.4) is 0 Å². The number of amides is 1. The number of nitrogens with one attached hydrogen (secondary N) is 1. The standard InChI is InChI=1S/C28H26N2O6S.Na.H/c1-2-23-18-30(37(33,34)29-28(32)36-20-22-14-8-4-9-15-22)26(25(23)24-16-10-5-11-17-24)27(31)35-19-21-12-6-3-7-13-21;;/h3-18H,2,19-20H2,1H3,(H,29,32);;. The fraction of sp³-hybridized carbons (Fsp3) is 0.143. The average molecular weight is 543 g/mol. The third-order valence-corrected chi connectivity index (χ3v) is 6.82. The molecular weight excluding hydrogens is 515 g/mol. The van der Waals surface area contributed by atoms with Crippen molar-refractivity contribution < 1.29 is 27.5 Å². The van der Waals surface area contributed by atoms with Gasteiger partial charge in [-0.15, -0.1) is 0 Å². The van der Waals surface area contributed by atoms with Crippen molar-refractivity contribution in [3.05, 3.63) is 120 Å². The predicted molar refractivity (Wildman–Crippen MR) is 146 cm³/mol. The molecule has 4 rings (SSSR count). The number of rotatable bonds is 9. The number of ether oxygens (including phenoxy) is 2. The molecule has 0 atom stereocenters. The first-order valence-electron chi connectivity index (χ1n) is 11.6. The Labute approximate surface area is 244 Å². The van der Waals surface area contributed by atoms with Crippen LogP contribution in [0.2, 0.25) is 0 Å². The molecule has 1 N–H and O–H groups in total. The fourth-order valence-corrected chi connectivity index (χ4v) is 4.85. The Balaban J connectivity index is 0.00000400. The van der Waals surface area contributed by atoms with E-state index in [9.17, 15) is 18.0 Å². The third-order valence-electron chi connectivity index (χ3n) is 5.58. The van der Waals surface area contributed by atoms with Gasteiger partial charge in [-0.25, -0.2) is 18.3 Å². The van der Waals surface area contributed by atoms with Crippen molar-refractivity contribution in [2.24, 2.45) is 0 Å². The first-order chi connectivity index (χ1) is 17.9. The molecule has 0 spiro atoms. The molecule has 0 aliphatic rings. The second-order valence-electron chi connectivity index (χ2n) is 8.12. The van der Waals surface area contributed by atoms with Gasteiger partial charge in [-0.05, 0) is 28.7 Å². The topological polar surface area (TPSA) is 104 Å². The van der Waals surface area contributed by atoms with E-state index in [0.717, 1.165) is 9.54 Å². The third kappa shape index (κ3) is 7.14. The molecule has 1 amide bonds. The predicted octanol–water partition coefficient (Wildman–Crippen LogP) is 4.45. The number of hydrogen-bond acceptors (Lipinski definition) is 6. The number of benzene rings is 3. The summed E-state index contributed by atoms with van der Waals surface area (Å²) in [6, 6.07) is 26.9. The Bertz CT molecular complexity index is 1470. The fourth-order valence-electron chi connectivity index (χ4n) is 3.81. The molecule has 38 heavy (non-hydrogen) atoms. The second-order valence-corrected chi connectivity index (χ2v) is 9.67. The normalized spacial score (nSPS) is 10.8. The molecule has 8 nitrogen and oxygen atoms in total. The van der Waals surface area contributed by atoms with Crippen LogP contribution < -0.4 is 4.72 Å². The SMILES string of the molecule is CCc1cn(S(=O)(=O)NC(=O)OCc2ccccc2)c(C(=O)OCc2ccccc2)c1-c1ccccc1.[NaH]. The number of carbonyl (C=O) groups is 2. The van der Waals surface area contributed by atoms with Crippen LogP contribution in [0, 0.1) is 0 Å². The molecule has 0 saturated carbocycles. The van der Waals surface area contributed by atoms with Crippen LogP contribution >= 0.6 is 0 Å². The van der Waals surface area contributed by atoms with Crippen molar-refractivity contribution in [2.45, 2.75) is 26.6 Å². The Hall–Kier alpha value is -3.37. The van der Waals surface area contributed by atoms with Gasteiger partial charge in [0, 0.05) is 11.8 Å². The molecule has 0 radical (unpaired) electrons. The van der Waals surface area contributed by atoms with Gasteiger partial charge < -0.3 is 9.47 Å². The van der Waals surface area contributed by atoms with Crippen molar-refractivity contribution in [2.75, 3.05) is 0 Å². The minimum absolute atomic E-state index is 0. The van der Waals surface area contributed by atoms with Crippen molar-refractivity contribution in [1.82, 2.24) is 8.69 Å². The van der Waals surface area contributed by atoms with Gasteiger partial charge in [0.2, 0.25) is 0 Å². The number of nitrogens with zero attached hydrogens (tertiary/aromatic N) is 1. The maximum absolute atomic E-state index is 13.4. The summed E-state index contributed by atoms with van der Waals surface area (Å²) in [4.78, 5) is 25.7. The zero-order valence-electron chi connectivity index (χ0n) is 20.2. The Kier molecular flexibility index (Phi) is 10.3. The van der Waals surface area contributed by atoms with Crippen molar-refractivity contribution in [1.29, 1.82) is 0 Å². The molecule has 1 heterocycles. The molecule has 0 aliphatic heterocycles. The molecule has 0 bridgehead atoms.